The minimum Gasteiger partial charge on any atom is -0.481 e. The Morgan fingerprint density at radius 2 is 1.91 bits per heavy atom. The van der Waals surface area contributed by atoms with Gasteiger partial charge >= 0.3 is 5.97 Å². The SMILES string of the molecule is CC(C)CCNc1ncccc1C(=O)N1C[C@@H](C)N(Cc2ccccc2)C[C@H]1CC(=O)O. The Balaban J connectivity index is 1.78. The molecule has 2 aromatic rings. The number of aliphatic carboxylic acids is 1. The number of nitrogens with zero attached hydrogens (tertiary/aromatic N) is 3. The van der Waals surface area contributed by atoms with Crippen molar-refractivity contribution >= 4 is 17.7 Å². The van der Waals surface area contributed by atoms with Crippen molar-refractivity contribution in [2.45, 2.75) is 52.2 Å². The number of rotatable bonds is 9. The molecule has 7 heteroatoms. The third kappa shape index (κ3) is 6.29. The van der Waals surface area contributed by atoms with Gasteiger partial charge in [-0.05, 0) is 37.0 Å². The van der Waals surface area contributed by atoms with Crippen LogP contribution < -0.4 is 5.32 Å². The van der Waals surface area contributed by atoms with Gasteiger partial charge in [-0.3, -0.25) is 14.5 Å². The van der Waals surface area contributed by atoms with Crippen LogP contribution in [0.5, 0.6) is 0 Å². The van der Waals surface area contributed by atoms with Crippen molar-refractivity contribution in [3.8, 4) is 0 Å². The summed E-state index contributed by atoms with van der Waals surface area (Å²) in [7, 11) is 0. The fourth-order valence-electron chi connectivity index (χ4n) is 4.11. The van der Waals surface area contributed by atoms with Crippen LogP contribution in [-0.4, -0.2) is 63.5 Å². The number of carbonyl (C=O) groups is 2. The van der Waals surface area contributed by atoms with Gasteiger partial charge in [0.1, 0.15) is 5.82 Å². The Kier molecular flexibility index (Phi) is 8.22. The van der Waals surface area contributed by atoms with Crippen molar-refractivity contribution in [1.82, 2.24) is 14.8 Å². The minimum atomic E-state index is -0.900. The summed E-state index contributed by atoms with van der Waals surface area (Å²) in [6.45, 7) is 8.85. The molecule has 1 aliphatic heterocycles. The molecule has 32 heavy (non-hydrogen) atoms. The van der Waals surface area contributed by atoms with Crippen molar-refractivity contribution in [1.29, 1.82) is 0 Å². The zero-order valence-electron chi connectivity index (χ0n) is 19.2. The molecular weight excluding hydrogens is 404 g/mol. The highest BCUT2D eigenvalue weighted by molar-refractivity contribution is 5.99. The number of hydrogen-bond donors (Lipinski definition) is 2. The monoisotopic (exact) mass is 438 g/mol. The zero-order chi connectivity index (χ0) is 23.1. The highest BCUT2D eigenvalue weighted by Gasteiger charge is 2.36. The first-order chi connectivity index (χ1) is 15.3. The van der Waals surface area contributed by atoms with Crippen LogP contribution >= 0.6 is 0 Å². The summed E-state index contributed by atoms with van der Waals surface area (Å²) in [6, 6.07) is 13.4. The van der Waals surface area contributed by atoms with Crippen LogP contribution in [0.3, 0.4) is 0 Å². The van der Waals surface area contributed by atoms with Gasteiger partial charge < -0.3 is 15.3 Å². The van der Waals surface area contributed by atoms with E-state index in [-0.39, 0.29) is 18.4 Å². The van der Waals surface area contributed by atoms with E-state index in [1.807, 2.05) is 18.2 Å². The zero-order valence-corrected chi connectivity index (χ0v) is 19.2. The smallest absolute Gasteiger partial charge is 0.305 e. The second-order valence-electron chi connectivity index (χ2n) is 8.98. The second kappa shape index (κ2) is 11.1. The fraction of sp³-hybridized carbons (Fsp3) is 0.480. The first kappa shape index (κ1) is 23.7. The molecule has 172 valence electrons. The van der Waals surface area contributed by atoms with Gasteiger partial charge in [0, 0.05) is 38.4 Å². The van der Waals surface area contributed by atoms with E-state index in [0.29, 0.717) is 30.4 Å². The topological polar surface area (TPSA) is 85.8 Å². The third-order valence-corrected chi connectivity index (χ3v) is 5.92. The minimum absolute atomic E-state index is 0.0832. The first-order valence-corrected chi connectivity index (χ1v) is 11.3. The molecule has 0 spiro atoms. The van der Waals surface area contributed by atoms with Crippen molar-refractivity contribution < 1.29 is 14.7 Å². The highest BCUT2D eigenvalue weighted by Crippen LogP contribution is 2.24. The molecule has 1 aliphatic rings. The summed E-state index contributed by atoms with van der Waals surface area (Å²) in [4.78, 5) is 33.5. The number of nitrogens with one attached hydrogen (secondary N) is 1. The second-order valence-corrected chi connectivity index (χ2v) is 8.98. The van der Waals surface area contributed by atoms with E-state index >= 15 is 0 Å². The van der Waals surface area contributed by atoms with E-state index in [2.05, 4.69) is 48.1 Å². The number of anilines is 1. The van der Waals surface area contributed by atoms with Gasteiger partial charge in [-0.25, -0.2) is 4.98 Å². The lowest BCUT2D eigenvalue weighted by molar-refractivity contribution is -0.139. The summed E-state index contributed by atoms with van der Waals surface area (Å²) in [5.74, 6) is 0.0431. The van der Waals surface area contributed by atoms with Gasteiger partial charge in [0.05, 0.1) is 18.0 Å². The molecule has 0 aliphatic carbocycles. The Labute approximate surface area is 190 Å². The van der Waals surface area contributed by atoms with Crippen LogP contribution in [0, 0.1) is 5.92 Å². The molecule has 2 atom stereocenters. The van der Waals surface area contributed by atoms with E-state index in [4.69, 9.17) is 0 Å². The van der Waals surface area contributed by atoms with Gasteiger partial charge in [-0.15, -0.1) is 0 Å². The Morgan fingerprint density at radius 1 is 1.16 bits per heavy atom. The largest absolute Gasteiger partial charge is 0.481 e. The number of amides is 1. The number of hydrogen-bond acceptors (Lipinski definition) is 5. The molecule has 2 heterocycles. The molecule has 1 saturated heterocycles. The van der Waals surface area contributed by atoms with Crippen LogP contribution in [-0.2, 0) is 11.3 Å². The van der Waals surface area contributed by atoms with E-state index in [9.17, 15) is 14.7 Å². The average molecular weight is 439 g/mol. The fourth-order valence-corrected chi connectivity index (χ4v) is 4.11. The number of carbonyl (C=O) groups excluding carboxylic acids is 1. The number of pyridine rings is 1. The molecule has 0 unspecified atom stereocenters. The third-order valence-electron chi connectivity index (χ3n) is 5.92. The Bertz CT molecular complexity index is 903. The number of carboxylic acid groups (broad SMARTS) is 1. The molecule has 1 fully saturated rings. The molecule has 1 aromatic heterocycles. The summed E-state index contributed by atoms with van der Waals surface area (Å²) >= 11 is 0. The quantitative estimate of drug-likeness (QED) is 0.621. The predicted octanol–water partition coefficient (Wildman–Crippen LogP) is 3.73. The van der Waals surface area contributed by atoms with Crippen LogP contribution in [0.25, 0.3) is 0 Å². The van der Waals surface area contributed by atoms with Crippen LogP contribution in [0.2, 0.25) is 0 Å². The van der Waals surface area contributed by atoms with Crippen LogP contribution in [0.4, 0.5) is 5.82 Å². The number of piperazine rings is 1. The molecule has 0 saturated carbocycles. The lowest BCUT2D eigenvalue weighted by Gasteiger charge is -2.45. The maximum Gasteiger partial charge on any atom is 0.305 e. The van der Waals surface area contributed by atoms with Gasteiger partial charge in [0.25, 0.3) is 5.91 Å². The van der Waals surface area contributed by atoms with E-state index < -0.39 is 12.0 Å². The molecule has 1 amide bonds. The van der Waals surface area contributed by atoms with E-state index in [0.717, 1.165) is 19.5 Å². The number of carboxylic acids is 1. The summed E-state index contributed by atoms with van der Waals surface area (Å²) in [5, 5.41) is 12.8. The molecule has 7 nitrogen and oxygen atoms in total. The summed E-state index contributed by atoms with van der Waals surface area (Å²) < 4.78 is 0. The normalized spacial score (nSPS) is 19.2. The predicted molar refractivity (Wildman–Crippen MR) is 126 cm³/mol. The maximum atomic E-state index is 13.6. The van der Waals surface area contributed by atoms with Crippen molar-refractivity contribution in [3.63, 3.8) is 0 Å². The van der Waals surface area contributed by atoms with Gasteiger partial charge in [0.15, 0.2) is 0 Å². The Morgan fingerprint density at radius 3 is 2.59 bits per heavy atom. The van der Waals surface area contributed by atoms with Gasteiger partial charge in [-0.1, -0.05) is 44.2 Å². The number of aromatic nitrogens is 1. The van der Waals surface area contributed by atoms with Crippen LogP contribution in [0.15, 0.2) is 48.7 Å². The van der Waals surface area contributed by atoms with Gasteiger partial charge in [-0.2, -0.15) is 0 Å². The molecular formula is C25H34N4O3. The average Bonchev–Trinajstić information content (AvgIpc) is 2.76. The van der Waals surface area contributed by atoms with E-state index in [1.165, 1.54) is 5.56 Å². The lowest BCUT2D eigenvalue weighted by Crippen LogP contribution is -2.59. The molecule has 0 radical (unpaired) electrons. The lowest BCUT2D eigenvalue weighted by atomic mass is 10.0. The van der Waals surface area contributed by atoms with Gasteiger partial charge in [0.2, 0.25) is 0 Å². The molecule has 1 aromatic carbocycles. The molecule has 2 N–H and O–H groups in total. The van der Waals surface area contributed by atoms with Crippen molar-refractivity contribution in [3.05, 3.63) is 59.8 Å². The first-order valence-electron chi connectivity index (χ1n) is 11.3. The molecule has 3 rings (SSSR count). The van der Waals surface area contributed by atoms with Crippen molar-refractivity contribution in [2.24, 2.45) is 5.92 Å². The Hall–Kier alpha value is -2.93. The molecule has 0 bridgehead atoms. The maximum absolute atomic E-state index is 13.6. The highest BCUT2D eigenvalue weighted by atomic mass is 16.4. The van der Waals surface area contributed by atoms with Crippen LogP contribution in [0.1, 0.15) is 49.5 Å². The van der Waals surface area contributed by atoms with Crippen molar-refractivity contribution in [2.75, 3.05) is 25.0 Å². The summed E-state index contributed by atoms with van der Waals surface area (Å²) in [5.41, 5.74) is 1.67. The van der Waals surface area contributed by atoms with E-state index in [1.54, 1.807) is 23.2 Å². The standard InChI is InChI=1S/C25H34N4O3/c1-18(2)11-13-27-24-22(10-7-12-26-24)25(32)29-15-19(3)28(17-21(29)14-23(30)31)16-20-8-5-4-6-9-20/h4-10,12,18-19,21H,11,13-17H2,1-3H3,(H,26,27)(H,30,31)/t19-,21-/m1/s1. The summed E-state index contributed by atoms with van der Waals surface area (Å²) in [6.07, 6.45) is 2.56. The number of benzene rings is 1.